The van der Waals surface area contributed by atoms with E-state index in [1.54, 1.807) is 0 Å². The molecule has 0 fully saturated rings. The Balaban J connectivity index is 2.47. The van der Waals surface area contributed by atoms with E-state index in [1.807, 2.05) is 0 Å². The molecule has 0 amide bonds. The molecule has 0 atom stereocenters. The Morgan fingerprint density at radius 1 is 1.08 bits per heavy atom. The van der Waals surface area contributed by atoms with E-state index in [2.05, 4.69) is 8.92 Å². The molecular formula is C14H10F3NO6S. The van der Waals surface area contributed by atoms with Crippen LogP contribution >= 0.6 is 0 Å². The lowest BCUT2D eigenvalue weighted by molar-refractivity contribution is -0.385. The van der Waals surface area contributed by atoms with Gasteiger partial charge < -0.3 is 8.92 Å². The first-order chi connectivity index (χ1) is 11.5. The van der Waals surface area contributed by atoms with Gasteiger partial charge in [-0.2, -0.15) is 8.42 Å². The number of hydrogen-bond acceptors (Lipinski definition) is 6. The fourth-order valence-corrected chi connectivity index (χ4v) is 2.94. The maximum atomic E-state index is 12.4. The molecule has 0 aromatic heterocycles. The van der Waals surface area contributed by atoms with Crippen LogP contribution in [0.1, 0.15) is 5.56 Å². The third-order valence-electron chi connectivity index (χ3n) is 2.85. The van der Waals surface area contributed by atoms with Gasteiger partial charge in [0.25, 0.3) is 0 Å². The van der Waals surface area contributed by atoms with Crippen molar-refractivity contribution in [2.45, 2.75) is 18.2 Å². The topological polar surface area (TPSA) is 95.7 Å². The number of nitrogens with zero attached hydrogens (tertiary/aromatic N) is 1. The minimum Gasteiger partial charge on any atom is -0.404 e. The molecule has 0 N–H and O–H groups in total. The molecule has 0 unspecified atom stereocenters. The highest BCUT2D eigenvalue weighted by Crippen LogP contribution is 2.34. The average molecular weight is 377 g/mol. The quantitative estimate of drug-likeness (QED) is 0.449. The average Bonchev–Trinajstić information content (AvgIpc) is 2.47. The van der Waals surface area contributed by atoms with Crippen LogP contribution in [0.2, 0.25) is 0 Å². The Hall–Kier alpha value is -2.82. The summed E-state index contributed by atoms with van der Waals surface area (Å²) >= 11 is 0. The fraction of sp³-hybridized carbons (Fsp3) is 0.143. The number of para-hydroxylation sites is 1. The van der Waals surface area contributed by atoms with Crippen LogP contribution < -0.4 is 8.92 Å². The highest BCUT2D eigenvalue weighted by Gasteiger charge is 2.35. The Labute approximate surface area is 139 Å². The summed E-state index contributed by atoms with van der Waals surface area (Å²) in [6.45, 7) is 1.54. The fourth-order valence-electron chi connectivity index (χ4n) is 1.87. The molecule has 134 valence electrons. The molecule has 0 aliphatic heterocycles. The van der Waals surface area contributed by atoms with Crippen molar-refractivity contribution >= 4 is 15.8 Å². The van der Waals surface area contributed by atoms with Crippen LogP contribution in [-0.2, 0) is 10.1 Å². The van der Waals surface area contributed by atoms with Gasteiger partial charge in [-0.05, 0) is 30.7 Å². The Morgan fingerprint density at radius 3 is 2.32 bits per heavy atom. The monoisotopic (exact) mass is 377 g/mol. The minimum absolute atomic E-state index is 0.470. The molecule has 0 aliphatic carbocycles. The van der Waals surface area contributed by atoms with Gasteiger partial charge in [0.1, 0.15) is 4.90 Å². The molecule has 0 heterocycles. The van der Waals surface area contributed by atoms with Gasteiger partial charge in [0.15, 0.2) is 5.75 Å². The summed E-state index contributed by atoms with van der Waals surface area (Å²) < 4.78 is 70.1. The van der Waals surface area contributed by atoms with Gasteiger partial charge in [-0.25, -0.2) is 0 Å². The first-order valence-corrected chi connectivity index (χ1v) is 7.95. The zero-order chi connectivity index (χ0) is 18.8. The summed E-state index contributed by atoms with van der Waals surface area (Å²) in [6, 6.07) is 7.37. The number of aryl methyl sites for hydroxylation is 1. The van der Waals surface area contributed by atoms with Gasteiger partial charge in [-0.15, -0.1) is 13.2 Å². The van der Waals surface area contributed by atoms with Gasteiger partial charge >= 0.3 is 22.2 Å². The molecule has 2 aromatic carbocycles. The van der Waals surface area contributed by atoms with Gasteiger partial charge in [-0.1, -0.05) is 18.2 Å². The molecular weight excluding hydrogens is 367 g/mol. The number of hydrogen-bond donors (Lipinski definition) is 0. The number of halogens is 3. The summed E-state index contributed by atoms with van der Waals surface area (Å²) in [5.41, 5.74) is -0.171. The maximum Gasteiger partial charge on any atom is 0.573 e. The van der Waals surface area contributed by atoms with E-state index in [4.69, 9.17) is 0 Å². The van der Waals surface area contributed by atoms with Crippen LogP contribution in [0.15, 0.2) is 47.4 Å². The van der Waals surface area contributed by atoms with E-state index >= 15 is 0 Å². The lowest BCUT2D eigenvalue weighted by atomic mass is 10.2. The van der Waals surface area contributed by atoms with Crippen LogP contribution in [0, 0.1) is 17.0 Å². The normalized spacial score (nSPS) is 11.8. The van der Waals surface area contributed by atoms with Crippen molar-refractivity contribution in [1.29, 1.82) is 0 Å². The first-order valence-electron chi connectivity index (χ1n) is 6.54. The molecule has 2 rings (SSSR count). The number of benzene rings is 2. The summed E-state index contributed by atoms with van der Waals surface area (Å²) in [4.78, 5) is 9.23. The third-order valence-corrected chi connectivity index (χ3v) is 4.13. The molecule has 25 heavy (non-hydrogen) atoms. The second-order valence-electron chi connectivity index (χ2n) is 4.76. The standard InChI is InChI=1S/C14H10F3NO6S/c1-9-6-7-11(10(8-9)18(19)20)24-25(21,22)13-5-3-2-4-12(13)23-14(15,16)17/h2-8H,1H3. The Kier molecular flexibility index (Phi) is 4.88. The number of rotatable bonds is 5. The summed E-state index contributed by atoms with van der Waals surface area (Å²) in [7, 11) is -4.81. The second kappa shape index (κ2) is 6.59. The van der Waals surface area contributed by atoms with E-state index in [-0.39, 0.29) is 0 Å². The summed E-state index contributed by atoms with van der Waals surface area (Å²) in [5.74, 6) is -1.64. The van der Waals surface area contributed by atoms with E-state index < -0.39 is 43.5 Å². The molecule has 0 aliphatic rings. The van der Waals surface area contributed by atoms with E-state index in [0.717, 1.165) is 36.4 Å². The zero-order valence-electron chi connectivity index (χ0n) is 12.5. The van der Waals surface area contributed by atoms with Crippen LogP contribution in [0.25, 0.3) is 0 Å². The number of nitro benzene ring substituents is 1. The SMILES string of the molecule is Cc1ccc(OS(=O)(=O)c2ccccc2OC(F)(F)F)c([N+](=O)[O-])c1. The Morgan fingerprint density at radius 2 is 1.72 bits per heavy atom. The van der Waals surface area contributed by atoms with E-state index in [9.17, 15) is 31.7 Å². The van der Waals surface area contributed by atoms with Crippen LogP contribution in [0.3, 0.4) is 0 Å². The number of nitro groups is 1. The summed E-state index contributed by atoms with van der Waals surface area (Å²) in [6.07, 6.45) is -5.12. The van der Waals surface area contributed by atoms with Gasteiger partial charge in [0, 0.05) is 6.07 Å². The minimum atomic E-state index is -5.12. The second-order valence-corrected chi connectivity index (χ2v) is 6.28. The van der Waals surface area contributed by atoms with E-state index in [0.29, 0.717) is 5.56 Å². The molecule has 7 nitrogen and oxygen atoms in total. The van der Waals surface area contributed by atoms with Crippen molar-refractivity contribution in [3.8, 4) is 11.5 Å². The van der Waals surface area contributed by atoms with Crippen LogP contribution in [0.4, 0.5) is 18.9 Å². The van der Waals surface area contributed by atoms with Crippen molar-refractivity contribution in [2.24, 2.45) is 0 Å². The van der Waals surface area contributed by atoms with Gasteiger partial charge in [0.05, 0.1) is 4.92 Å². The number of alkyl halides is 3. The third kappa shape index (κ3) is 4.59. The van der Waals surface area contributed by atoms with Crippen molar-refractivity contribution in [2.75, 3.05) is 0 Å². The lowest BCUT2D eigenvalue weighted by Gasteiger charge is -2.13. The first kappa shape index (κ1) is 18.5. The van der Waals surface area contributed by atoms with Gasteiger partial charge in [-0.3, -0.25) is 10.1 Å². The molecule has 11 heteroatoms. The predicted molar refractivity (Wildman–Crippen MR) is 78.8 cm³/mol. The van der Waals surface area contributed by atoms with Crippen molar-refractivity contribution in [3.05, 3.63) is 58.1 Å². The molecule has 0 saturated heterocycles. The highest BCUT2D eigenvalue weighted by molar-refractivity contribution is 7.87. The maximum absolute atomic E-state index is 12.4. The van der Waals surface area contributed by atoms with Crippen molar-refractivity contribution < 1.29 is 35.4 Å². The lowest BCUT2D eigenvalue weighted by Crippen LogP contribution is -2.20. The molecule has 2 aromatic rings. The molecule has 0 bridgehead atoms. The van der Waals surface area contributed by atoms with Crippen molar-refractivity contribution in [3.63, 3.8) is 0 Å². The predicted octanol–water partition coefficient (Wildman–Crippen LogP) is 3.57. The number of ether oxygens (including phenoxy) is 1. The molecule has 0 spiro atoms. The van der Waals surface area contributed by atoms with Gasteiger partial charge in [0.2, 0.25) is 5.75 Å². The van der Waals surface area contributed by atoms with Crippen LogP contribution in [-0.4, -0.2) is 19.7 Å². The molecule has 0 saturated carbocycles. The van der Waals surface area contributed by atoms with Crippen LogP contribution in [0.5, 0.6) is 11.5 Å². The zero-order valence-corrected chi connectivity index (χ0v) is 13.3. The largest absolute Gasteiger partial charge is 0.573 e. The highest BCUT2D eigenvalue weighted by atomic mass is 32.2. The Bertz CT molecular complexity index is 911. The molecule has 0 radical (unpaired) electrons. The smallest absolute Gasteiger partial charge is 0.404 e. The van der Waals surface area contributed by atoms with E-state index in [1.165, 1.54) is 13.0 Å². The summed E-state index contributed by atoms with van der Waals surface area (Å²) in [5, 5.41) is 11.0. The van der Waals surface area contributed by atoms with Crippen molar-refractivity contribution in [1.82, 2.24) is 0 Å².